The lowest BCUT2D eigenvalue weighted by Gasteiger charge is -2.10. The number of nitrogens with one attached hydrogen (secondary N) is 1. The van der Waals surface area contributed by atoms with Crippen molar-refractivity contribution in [2.75, 3.05) is 0 Å². The summed E-state index contributed by atoms with van der Waals surface area (Å²) >= 11 is 0. The number of hydrogen-bond acceptors (Lipinski definition) is 2. The number of halogens is 1. The van der Waals surface area contributed by atoms with E-state index < -0.39 is 11.6 Å². The Balaban J connectivity index is 0.000000205. The van der Waals surface area contributed by atoms with Crippen LogP contribution in [-0.4, -0.2) is 17.5 Å². The van der Waals surface area contributed by atoms with Gasteiger partial charge in [0.05, 0.1) is 6.04 Å². The third-order valence-electron chi connectivity index (χ3n) is 3.55. The van der Waals surface area contributed by atoms with Crippen molar-refractivity contribution in [3.05, 3.63) is 35.9 Å². The number of hydrogen-bond donors (Lipinski definition) is 2. The van der Waals surface area contributed by atoms with E-state index in [9.17, 15) is 14.0 Å². The Bertz CT molecular complexity index is 498. The molecule has 0 radical (unpaired) electrons. The molecular weight excluding hydrogens is 259 g/mol. The van der Waals surface area contributed by atoms with E-state index in [1.54, 1.807) is 0 Å². The largest absolute Gasteiger partial charge is 0.369 e. The van der Waals surface area contributed by atoms with E-state index in [2.05, 4.69) is 5.32 Å². The molecule has 0 spiro atoms. The van der Waals surface area contributed by atoms with Gasteiger partial charge >= 0.3 is 0 Å². The van der Waals surface area contributed by atoms with Gasteiger partial charge in [-0.25, -0.2) is 4.39 Å². The normalized spacial score (nSPS) is 28.3. The zero-order valence-electron chi connectivity index (χ0n) is 11.4. The summed E-state index contributed by atoms with van der Waals surface area (Å²) in [5, 5.41) is 2.65. The number of benzene rings is 1. The van der Waals surface area contributed by atoms with Gasteiger partial charge in [-0.3, -0.25) is 9.59 Å². The molecule has 2 atom stereocenters. The standard InChI is InChI=1S/C11H12FNO.C4H7NO/c1-11(12)7-9(13-10(11)14)8-5-3-2-4-6-8;5-4(6)3-1-2-3/h2-6,9H,7H2,1H3,(H,13,14);3H,1-2H2,(H2,5,6). The summed E-state index contributed by atoms with van der Waals surface area (Å²) in [7, 11) is 0. The fourth-order valence-electron chi connectivity index (χ4n) is 2.09. The van der Waals surface area contributed by atoms with Crippen LogP contribution in [0.1, 0.15) is 37.8 Å². The Morgan fingerprint density at radius 1 is 1.35 bits per heavy atom. The van der Waals surface area contributed by atoms with Crippen LogP contribution in [0.5, 0.6) is 0 Å². The van der Waals surface area contributed by atoms with Gasteiger partial charge in [0.25, 0.3) is 5.91 Å². The first-order chi connectivity index (χ1) is 9.40. The quantitative estimate of drug-likeness (QED) is 0.866. The highest BCUT2D eigenvalue weighted by atomic mass is 19.1. The molecule has 1 aliphatic heterocycles. The summed E-state index contributed by atoms with van der Waals surface area (Å²) in [4.78, 5) is 21.2. The van der Waals surface area contributed by atoms with E-state index in [4.69, 9.17) is 5.73 Å². The molecule has 0 bridgehead atoms. The molecule has 1 saturated carbocycles. The summed E-state index contributed by atoms with van der Waals surface area (Å²) in [6.07, 6.45) is 2.26. The molecule has 1 aromatic rings. The van der Waals surface area contributed by atoms with Crippen LogP contribution in [-0.2, 0) is 9.59 Å². The highest BCUT2D eigenvalue weighted by molar-refractivity contribution is 5.87. The summed E-state index contributed by atoms with van der Waals surface area (Å²) < 4.78 is 13.5. The number of carbonyl (C=O) groups excluding carboxylic acids is 2. The number of amides is 2. The van der Waals surface area contributed by atoms with E-state index >= 15 is 0 Å². The van der Waals surface area contributed by atoms with Crippen LogP contribution in [0.3, 0.4) is 0 Å². The van der Waals surface area contributed by atoms with Crippen LogP contribution < -0.4 is 11.1 Å². The third kappa shape index (κ3) is 3.56. The molecule has 2 unspecified atom stereocenters. The zero-order chi connectivity index (χ0) is 14.8. The second-order valence-corrected chi connectivity index (χ2v) is 5.51. The molecule has 1 aliphatic carbocycles. The predicted octanol–water partition coefficient (Wildman–Crippen LogP) is 1.86. The van der Waals surface area contributed by atoms with Crippen molar-refractivity contribution in [1.82, 2.24) is 5.32 Å². The maximum atomic E-state index is 13.5. The lowest BCUT2D eigenvalue weighted by Crippen LogP contribution is -2.30. The minimum absolute atomic E-state index is 0.130. The zero-order valence-corrected chi connectivity index (χ0v) is 11.4. The maximum absolute atomic E-state index is 13.5. The number of nitrogens with two attached hydrogens (primary N) is 1. The van der Waals surface area contributed by atoms with Crippen molar-refractivity contribution < 1.29 is 14.0 Å². The van der Waals surface area contributed by atoms with Gasteiger partial charge in [-0.1, -0.05) is 30.3 Å². The number of carbonyl (C=O) groups is 2. The first-order valence-electron chi connectivity index (χ1n) is 6.74. The van der Waals surface area contributed by atoms with Crippen LogP contribution in [0.2, 0.25) is 0 Å². The Hall–Kier alpha value is -1.91. The van der Waals surface area contributed by atoms with E-state index in [0.717, 1.165) is 18.4 Å². The monoisotopic (exact) mass is 278 g/mol. The molecule has 1 heterocycles. The Morgan fingerprint density at radius 2 is 1.95 bits per heavy atom. The lowest BCUT2D eigenvalue weighted by molar-refractivity contribution is -0.128. The molecule has 2 fully saturated rings. The van der Waals surface area contributed by atoms with Gasteiger partial charge in [0.2, 0.25) is 5.91 Å². The van der Waals surface area contributed by atoms with E-state index in [-0.39, 0.29) is 24.3 Å². The molecule has 1 saturated heterocycles. The van der Waals surface area contributed by atoms with Gasteiger partial charge in [-0.2, -0.15) is 0 Å². The first-order valence-corrected chi connectivity index (χ1v) is 6.74. The topological polar surface area (TPSA) is 72.2 Å². The fourth-order valence-corrected chi connectivity index (χ4v) is 2.09. The second-order valence-electron chi connectivity index (χ2n) is 5.51. The maximum Gasteiger partial charge on any atom is 0.257 e. The minimum Gasteiger partial charge on any atom is -0.369 e. The van der Waals surface area contributed by atoms with Crippen molar-refractivity contribution in [3.8, 4) is 0 Å². The molecule has 3 N–H and O–H groups in total. The summed E-state index contributed by atoms with van der Waals surface area (Å²) in [6, 6.07) is 9.27. The Kier molecular flexibility index (Phi) is 4.06. The van der Waals surface area contributed by atoms with Crippen LogP contribution in [0.25, 0.3) is 0 Å². The van der Waals surface area contributed by atoms with Gasteiger partial charge in [0.1, 0.15) is 0 Å². The van der Waals surface area contributed by atoms with Gasteiger partial charge in [0, 0.05) is 12.3 Å². The van der Waals surface area contributed by atoms with Gasteiger partial charge in [-0.05, 0) is 25.3 Å². The predicted molar refractivity (Wildman–Crippen MR) is 73.4 cm³/mol. The molecule has 0 aromatic heterocycles. The van der Waals surface area contributed by atoms with Crippen LogP contribution >= 0.6 is 0 Å². The summed E-state index contributed by atoms with van der Waals surface area (Å²) in [5.41, 5.74) is 4.10. The molecule has 20 heavy (non-hydrogen) atoms. The average molecular weight is 278 g/mol. The Labute approximate surface area is 117 Å². The molecule has 1 aromatic carbocycles. The Morgan fingerprint density at radius 3 is 2.30 bits per heavy atom. The third-order valence-corrected chi connectivity index (χ3v) is 3.55. The minimum atomic E-state index is -1.72. The molecule has 4 nitrogen and oxygen atoms in total. The molecule has 2 amide bonds. The van der Waals surface area contributed by atoms with Crippen molar-refractivity contribution in [2.24, 2.45) is 11.7 Å². The van der Waals surface area contributed by atoms with Crippen molar-refractivity contribution in [2.45, 2.75) is 37.9 Å². The lowest BCUT2D eigenvalue weighted by atomic mass is 9.99. The molecule has 5 heteroatoms. The molecule has 2 aliphatic rings. The van der Waals surface area contributed by atoms with Gasteiger partial charge in [0.15, 0.2) is 5.67 Å². The highest BCUT2D eigenvalue weighted by Gasteiger charge is 2.43. The molecular formula is C15H19FN2O2. The van der Waals surface area contributed by atoms with Crippen molar-refractivity contribution in [1.29, 1.82) is 0 Å². The summed E-state index contributed by atoms with van der Waals surface area (Å²) in [5.74, 6) is -0.397. The second kappa shape index (κ2) is 5.61. The first kappa shape index (κ1) is 14.5. The van der Waals surface area contributed by atoms with Gasteiger partial charge in [-0.15, -0.1) is 0 Å². The fraction of sp³-hybridized carbons (Fsp3) is 0.467. The molecule has 108 valence electrons. The SMILES string of the molecule is CC1(F)CC(c2ccccc2)NC1=O.NC(=O)C1CC1. The van der Waals surface area contributed by atoms with E-state index in [0.29, 0.717) is 0 Å². The van der Waals surface area contributed by atoms with Crippen LogP contribution in [0.4, 0.5) is 4.39 Å². The average Bonchev–Trinajstić information content (AvgIpc) is 3.20. The van der Waals surface area contributed by atoms with E-state index in [1.807, 2.05) is 30.3 Å². The smallest absolute Gasteiger partial charge is 0.257 e. The number of alkyl halides is 1. The van der Waals surface area contributed by atoms with E-state index in [1.165, 1.54) is 6.92 Å². The number of rotatable bonds is 2. The highest BCUT2D eigenvalue weighted by Crippen LogP contribution is 2.33. The molecule has 3 rings (SSSR count). The van der Waals surface area contributed by atoms with Crippen molar-refractivity contribution in [3.63, 3.8) is 0 Å². The van der Waals surface area contributed by atoms with Crippen LogP contribution in [0, 0.1) is 5.92 Å². The van der Waals surface area contributed by atoms with Gasteiger partial charge < -0.3 is 11.1 Å². The van der Waals surface area contributed by atoms with Crippen molar-refractivity contribution >= 4 is 11.8 Å². The van der Waals surface area contributed by atoms with Crippen LogP contribution in [0.15, 0.2) is 30.3 Å². The number of primary amides is 1. The summed E-state index contributed by atoms with van der Waals surface area (Å²) in [6.45, 7) is 1.32.